The molecular formula is C12H13ClO3. The van der Waals surface area contributed by atoms with E-state index in [2.05, 4.69) is 4.74 Å². The van der Waals surface area contributed by atoms with E-state index in [-0.39, 0.29) is 0 Å². The van der Waals surface area contributed by atoms with Crippen molar-refractivity contribution in [2.24, 2.45) is 5.92 Å². The van der Waals surface area contributed by atoms with Crippen LogP contribution in [0.15, 0.2) is 30.3 Å². The lowest BCUT2D eigenvalue weighted by molar-refractivity contribution is -0.147. The molecule has 1 aromatic carbocycles. The van der Waals surface area contributed by atoms with Gasteiger partial charge >= 0.3 is 5.97 Å². The molecule has 0 bridgehead atoms. The van der Waals surface area contributed by atoms with Gasteiger partial charge < -0.3 is 4.74 Å². The quantitative estimate of drug-likeness (QED) is 0.450. The Morgan fingerprint density at radius 2 is 1.94 bits per heavy atom. The Balaban J connectivity index is 2.57. The number of methoxy groups -OCH3 is 1. The van der Waals surface area contributed by atoms with E-state index in [0.717, 1.165) is 5.56 Å². The minimum atomic E-state index is -0.869. The van der Waals surface area contributed by atoms with E-state index in [1.54, 1.807) is 0 Å². The van der Waals surface area contributed by atoms with Gasteiger partial charge in [-0.25, -0.2) is 0 Å². The zero-order valence-corrected chi connectivity index (χ0v) is 9.74. The van der Waals surface area contributed by atoms with Crippen molar-refractivity contribution >= 4 is 22.8 Å². The van der Waals surface area contributed by atoms with Crippen LogP contribution in [0.4, 0.5) is 0 Å². The topological polar surface area (TPSA) is 43.4 Å². The number of carbonyl (C=O) groups excluding carboxylic acids is 2. The zero-order valence-electron chi connectivity index (χ0n) is 8.98. The van der Waals surface area contributed by atoms with E-state index in [9.17, 15) is 9.59 Å². The van der Waals surface area contributed by atoms with Crippen molar-refractivity contribution in [3.05, 3.63) is 35.9 Å². The van der Waals surface area contributed by atoms with Crippen LogP contribution in [0.25, 0.3) is 0 Å². The number of benzene rings is 1. The molecule has 0 radical (unpaired) electrons. The molecule has 1 aromatic rings. The van der Waals surface area contributed by atoms with E-state index in [1.807, 2.05) is 30.3 Å². The van der Waals surface area contributed by atoms with E-state index in [4.69, 9.17) is 11.6 Å². The van der Waals surface area contributed by atoms with Gasteiger partial charge in [0, 0.05) is 0 Å². The summed E-state index contributed by atoms with van der Waals surface area (Å²) in [5.74, 6) is -1.44. The van der Waals surface area contributed by atoms with Gasteiger partial charge in [-0.05, 0) is 30.0 Å². The number of aryl methyl sites for hydroxylation is 1. The number of carbonyl (C=O) groups is 2. The van der Waals surface area contributed by atoms with Gasteiger partial charge in [0.2, 0.25) is 5.24 Å². The van der Waals surface area contributed by atoms with Gasteiger partial charge in [-0.3, -0.25) is 9.59 Å². The number of halogens is 1. The molecule has 0 aliphatic heterocycles. The van der Waals surface area contributed by atoms with Crippen molar-refractivity contribution < 1.29 is 14.3 Å². The molecule has 0 aliphatic rings. The smallest absolute Gasteiger partial charge is 0.317 e. The van der Waals surface area contributed by atoms with E-state index < -0.39 is 17.1 Å². The zero-order chi connectivity index (χ0) is 12.0. The molecule has 1 rings (SSSR count). The third kappa shape index (κ3) is 3.66. The van der Waals surface area contributed by atoms with Crippen LogP contribution < -0.4 is 0 Å². The summed E-state index contributed by atoms with van der Waals surface area (Å²) in [5, 5.41) is -0.664. The molecule has 16 heavy (non-hydrogen) atoms. The monoisotopic (exact) mass is 240 g/mol. The third-order valence-corrected chi connectivity index (χ3v) is 2.59. The summed E-state index contributed by atoms with van der Waals surface area (Å²) in [6, 6.07) is 9.60. The van der Waals surface area contributed by atoms with Crippen LogP contribution in [0.1, 0.15) is 12.0 Å². The van der Waals surface area contributed by atoms with Crippen molar-refractivity contribution in [3.63, 3.8) is 0 Å². The van der Waals surface area contributed by atoms with Crippen molar-refractivity contribution in [1.29, 1.82) is 0 Å². The Labute approximate surface area is 99.4 Å². The second-order valence-corrected chi connectivity index (χ2v) is 3.78. The molecule has 0 amide bonds. The lowest BCUT2D eigenvalue weighted by Crippen LogP contribution is -2.22. The summed E-state index contributed by atoms with van der Waals surface area (Å²) in [6.45, 7) is 0. The Hall–Kier alpha value is -1.35. The molecule has 0 saturated heterocycles. The molecule has 0 N–H and O–H groups in total. The first-order valence-corrected chi connectivity index (χ1v) is 5.34. The molecule has 0 saturated carbocycles. The molecule has 3 nitrogen and oxygen atoms in total. The van der Waals surface area contributed by atoms with Gasteiger partial charge in [0.15, 0.2) is 0 Å². The lowest BCUT2D eigenvalue weighted by atomic mass is 10.0. The van der Waals surface area contributed by atoms with Crippen LogP contribution in [-0.4, -0.2) is 18.3 Å². The fourth-order valence-corrected chi connectivity index (χ4v) is 1.62. The maximum atomic E-state index is 11.2. The van der Waals surface area contributed by atoms with Crippen LogP contribution in [0.3, 0.4) is 0 Å². The summed E-state index contributed by atoms with van der Waals surface area (Å²) in [6.07, 6.45) is 0.998. The fraction of sp³-hybridized carbons (Fsp3) is 0.333. The standard InChI is InChI=1S/C12H13ClO3/c1-16-12(15)10(11(13)14)8-7-9-5-3-2-4-6-9/h2-6,10H,7-8H2,1H3. The average molecular weight is 241 g/mol. The van der Waals surface area contributed by atoms with E-state index in [0.29, 0.717) is 12.8 Å². The molecule has 1 unspecified atom stereocenters. The molecule has 4 heteroatoms. The van der Waals surface area contributed by atoms with Crippen molar-refractivity contribution in [2.45, 2.75) is 12.8 Å². The predicted molar refractivity (Wildman–Crippen MR) is 61.1 cm³/mol. The maximum absolute atomic E-state index is 11.2. The summed E-state index contributed by atoms with van der Waals surface area (Å²) in [7, 11) is 1.25. The summed E-state index contributed by atoms with van der Waals surface area (Å²) < 4.78 is 4.52. The van der Waals surface area contributed by atoms with Crippen molar-refractivity contribution in [2.75, 3.05) is 7.11 Å². The summed E-state index contributed by atoms with van der Waals surface area (Å²) >= 11 is 5.34. The second kappa shape index (κ2) is 6.28. The van der Waals surface area contributed by atoms with E-state index in [1.165, 1.54) is 7.11 Å². The summed E-state index contributed by atoms with van der Waals surface area (Å²) in [4.78, 5) is 22.3. The van der Waals surface area contributed by atoms with Gasteiger partial charge in [0.1, 0.15) is 5.92 Å². The van der Waals surface area contributed by atoms with Gasteiger partial charge in [0.25, 0.3) is 0 Å². The molecular weight excluding hydrogens is 228 g/mol. The Morgan fingerprint density at radius 3 is 2.44 bits per heavy atom. The van der Waals surface area contributed by atoms with Crippen LogP contribution in [0.5, 0.6) is 0 Å². The fourth-order valence-electron chi connectivity index (χ4n) is 1.42. The molecule has 0 fully saturated rings. The minimum absolute atomic E-state index is 0.374. The SMILES string of the molecule is COC(=O)C(CCc1ccccc1)C(=O)Cl. The van der Waals surface area contributed by atoms with E-state index >= 15 is 0 Å². The van der Waals surface area contributed by atoms with Crippen LogP contribution >= 0.6 is 11.6 Å². The van der Waals surface area contributed by atoms with Crippen LogP contribution in [0.2, 0.25) is 0 Å². The largest absolute Gasteiger partial charge is 0.468 e. The number of rotatable bonds is 5. The normalized spacial score (nSPS) is 11.9. The molecule has 86 valence electrons. The Morgan fingerprint density at radius 1 is 1.31 bits per heavy atom. The Kier molecular flexibility index (Phi) is 4.99. The van der Waals surface area contributed by atoms with Crippen LogP contribution in [-0.2, 0) is 20.7 Å². The lowest BCUT2D eigenvalue weighted by Gasteiger charge is -2.09. The van der Waals surface area contributed by atoms with Crippen LogP contribution in [0, 0.1) is 5.92 Å². The highest BCUT2D eigenvalue weighted by Gasteiger charge is 2.25. The number of ether oxygens (including phenoxy) is 1. The second-order valence-electron chi connectivity index (χ2n) is 3.40. The average Bonchev–Trinajstić information content (AvgIpc) is 2.30. The molecule has 0 spiro atoms. The van der Waals surface area contributed by atoms with Gasteiger partial charge in [-0.2, -0.15) is 0 Å². The highest BCUT2D eigenvalue weighted by atomic mass is 35.5. The van der Waals surface area contributed by atoms with Gasteiger partial charge in [-0.15, -0.1) is 0 Å². The molecule has 0 aliphatic carbocycles. The first-order chi connectivity index (χ1) is 7.65. The van der Waals surface area contributed by atoms with Crippen molar-refractivity contribution in [3.8, 4) is 0 Å². The molecule has 0 aromatic heterocycles. The minimum Gasteiger partial charge on any atom is -0.468 e. The predicted octanol–water partition coefficient (Wildman–Crippen LogP) is 2.17. The molecule has 0 heterocycles. The first kappa shape index (κ1) is 12.7. The number of hydrogen-bond donors (Lipinski definition) is 0. The van der Waals surface area contributed by atoms with Crippen molar-refractivity contribution in [1.82, 2.24) is 0 Å². The molecule has 1 atom stereocenters. The maximum Gasteiger partial charge on any atom is 0.317 e. The summed E-state index contributed by atoms with van der Waals surface area (Å²) in [5.41, 5.74) is 1.06. The number of hydrogen-bond acceptors (Lipinski definition) is 3. The first-order valence-electron chi connectivity index (χ1n) is 4.96. The highest BCUT2D eigenvalue weighted by molar-refractivity contribution is 6.65. The van der Waals surface area contributed by atoms with Gasteiger partial charge in [-0.1, -0.05) is 30.3 Å². The number of esters is 1. The van der Waals surface area contributed by atoms with Gasteiger partial charge in [0.05, 0.1) is 7.11 Å². The third-order valence-electron chi connectivity index (χ3n) is 2.32. The Bertz CT molecular complexity index is 362. The highest BCUT2D eigenvalue weighted by Crippen LogP contribution is 2.14.